The molecule has 2 saturated heterocycles. The molecule has 6 nitrogen and oxygen atoms in total. The summed E-state index contributed by atoms with van der Waals surface area (Å²) >= 11 is 0. The Kier molecular flexibility index (Phi) is 9.98. The summed E-state index contributed by atoms with van der Waals surface area (Å²) in [7, 11) is 0. The molecule has 1 aromatic rings. The first-order chi connectivity index (χ1) is 14.8. The minimum Gasteiger partial charge on any atom is -0.491 e. The van der Waals surface area contributed by atoms with E-state index in [1.165, 1.54) is 0 Å². The van der Waals surface area contributed by atoms with E-state index in [0.717, 1.165) is 50.1 Å². The highest BCUT2D eigenvalue weighted by molar-refractivity contribution is 5.28. The molecule has 184 valence electrons. The average Bonchev–Trinajstić information content (AvgIpc) is 3.51. The van der Waals surface area contributed by atoms with Crippen molar-refractivity contribution in [2.75, 3.05) is 26.4 Å². The van der Waals surface area contributed by atoms with Gasteiger partial charge in [0.25, 0.3) is 0 Å². The molecule has 1 aromatic carbocycles. The second kappa shape index (κ2) is 11.8. The quantitative estimate of drug-likeness (QED) is 0.275. The van der Waals surface area contributed by atoms with E-state index in [0.29, 0.717) is 13.2 Å². The summed E-state index contributed by atoms with van der Waals surface area (Å²) in [5, 5.41) is 2.07. The predicted octanol–water partition coefficient (Wildman–Crippen LogP) is 5.91. The van der Waals surface area contributed by atoms with Gasteiger partial charge in [-0.25, -0.2) is 0 Å². The number of hydrogen-bond acceptors (Lipinski definition) is 6. The SMILES string of the molecule is C.CCCC1COC(CC)(CC(C)(C)N(CC)OC(C)c2ccc(OCC3CO3)cc2)O1. The molecule has 6 heteroatoms. The zero-order chi connectivity index (χ0) is 22.5. The van der Waals surface area contributed by atoms with Gasteiger partial charge in [0.1, 0.15) is 24.6 Å². The van der Waals surface area contributed by atoms with Gasteiger partial charge in [-0.05, 0) is 51.3 Å². The van der Waals surface area contributed by atoms with Crippen molar-refractivity contribution in [2.45, 2.75) is 104 Å². The number of benzene rings is 1. The fourth-order valence-electron chi connectivity index (χ4n) is 4.32. The third-order valence-corrected chi connectivity index (χ3v) is 6.20. The molecule has 0 N–H and O–H groups in total. The van der Waals surface area contributed by atoms with Crippen molar-refractivity contribution in [2.24, 2.45) is 0 Å². The van der Waals surface area contributed by atoms with Crippen LogP contribution in [0.5, 0.6) is 5.75 Å². The fraction of sp³-hybridized carbons (Fsp3) is 0.769. The first-order valence-corrected chi connectivity index (χ1v) is 11.9. The van der Waals surface area contributed by atoms with Gasteiger partial charge in [0.2, 0.25) is 0 Å². The molecule has 0 bridgehead atoms. The Morgan fingerprint density at radius 1 is 1.12 bits per heavy atom. The zero-order valence-electron chi connectivity index (χ0n) is 20.2. The van der Waals surface area contributed by atoms with Crippen molar-refractivity contribution in [1.29, 1.82) is 0 Å². The van der Waals surface area contributed by atoms with E-state index in [1.54, 1.807) is 0 Å². The summed E-state index contributed by atoms with van der Waals surface area (Å²) in [6, 6.07) is 8.14. The molecule has 3 rings (SSSR count). The van der Waals surface area contributed by atoms with Crippen LogP contribution in [0.3, 0.4) is 0 Å². The van der Waals surface area contributed by atoms with E-state index in [4.69, 9.17) is 23.8 Å². The van der Waals surface area contributed by atoms with Crippen LogP contribution in [-0.4, -0.2) is 55.0 Å². The third kappa shape index (κ3) is 7.16. The minimum absolute atomic E-state index is 0. The number of rotatable bonds is 13. The van der Waals surface area contributed by atoms with Crippen LogP contribution in [0.1, 0.15) is 86.3 Å². The summed E-state index contributed by atoms with van der Waals surface area (Å²) in [4.78, 5) is 6.43. The van der Waals surface area contributed by atoms with Gasteiger partial charge in [-0.15, -0.1) is 0 Å². The second-order valence-electron chi connectivity index (χ2n) is 9.37. The van der Waals surface area contributed by atoms with Crippen LogP contribution in [0.4, 0.5) is 0 Å². The maximum Gasteiger partial charge on any atom is 0.170 e. The van der Waals surface area contributed by atoms with Gasteiger partial charge in [-0.3, -0.25) is 4.84 Å². The summed E-state index contributed by atoms with van der Waals surface area (Å²) in [6.45, 7) is 15.8. The number of hydroxylamine groups is 2. The van der Waals surface area contributed by atoms with E-state index in [9.17, 15) is 0 Å². The molecule has 0 aromatic heterocycles. The monoisotopic (exact) mass is 451 g/mol. The average molecular weight is 452 g/mol. The smallest absolute Gasteiger partial charge is 0.170 e. The molecule has 2 heterocycles. The summed E-state index contributed by atoms with van der Waals surface area (Å²) in [5.41, 5.74) is 0.874. The minimum atomic E-state index is -0.534. The highest BCUT2D eigenvalue weighted by Gasteiger charge is 2.45. The molecule has 0 amide bonds. The lowest BCUT2D eigenvalue weighted by Gasteiger charge is -2.43. The lowest BCUT2D eigenvalue weighted by atomic mass is 9.92. The Labute approximate surface area is 195 Å². The number of nitrogens with zero attached hydrogens (tertiary/aromatic N) is 1. The van der Waals surface area contributed by atoms with Gasteiger partial charge in [-0.2, -0.15) is 5.06 Å². The van der Waals surface area contributed by atoms with Gasteiger partial charge in [0, 0.05) is 18.5 Å². The van der Waals surface area contributed by atoms with E-state index >= 15 is 0 Å². The van der Waals surface area contributed by atoms with Crippen molar-refractivity contribution in [3.05, 3.63) is 29.8 Å². The first kappa shape index (κ1) is 27.1. The molecule has 4 unspecified atom stereocenters. The maximum absolute atomic E-state index is 6.43. The molecule has 0 aliphatic carbocycles. The van der Waals surface area contributed by atoms with E-state index in [1.807, 2.05) is 12.1 Å². The van der Waals surface area contributed by atoms with Gasteiger partial charge in [-0.1, -0.05) is 46.8 Å². The molecular formula is C26H45NO5. The van der Waals surface area contributed by atoms with E-state index in [2.05, 4.69) is 58.7 Å². The van der Waals surface area contributed by atoms with Gasteiger partial charge >= 0.3 is 0 Å². The van der Waals surface area contributed by atoms with Crippen LogP contribution in [-0.2, 0) is 19.0 Å². The van der Waals surface area contributed by atoms with Crippen molar-refractivity contribution in [3.8, 4) is 5.75 Å². The lowest BCUT2D eigenvalue weighted by molar-refractivity contribution is -0.271. The molecule has 2 aliphatic heterocycles. The van der Waals surface area contributed by atoms with Gasteiger partial charge in [0.15, 0.2) is 5.79 Å². The van der Waals surface area contributed by atoms with E-state index < -0.39 is 5.79 Å². The largest absolute Gasteiger partial charge is 0.491 e. The van der Waals surface area contributed by atoms with Crippen molar-refractivity contribution in [3.63, 3.8) is 0 Å². The van der Waals surface area contributed by atoms with Crippen molar-refractivity contribution >= 4 is 0 Å². The standard InChI is InChI=1S/C25H41NO5.CH4/c1-7-10-22-17-29-25(8-2,30-22)18-24(5,6)26(9-3)31-19(4)20-11-13-21(14-12-20)27-15-23-16-28-23;/h11-14,19,22-23H,7-10,15-18H2,1-6H3;1H4. The topological polar surface area (TPSA) is 52.7 Å². The van der Waals surface area contributed by atoms with Crippen LogP contribution in [0, 0.1) is 0 Å². The summed E-state index contributed by atoms with van der Waals surface area (Å²) < 4.78 is 23.5. The Morgan fingerprint density at radius 2 is 1.81 bits per heavy atom. The van der Waals surface area contributed by atoms with Crippen LogP contribution < -0.4 is 4.74 Å². The van der Waals surface area contributed by atoms with Crippen LogP contribution in [0.2, 0.25) is 0 Å². The molecule has 0 saturated carbocycles. The summed E-state index contributed by atoms with van der Waals surface area (Å²) in [6.07, 6.45) is 4.12. The molecule has 0 radical (unpaired) electrons. The van der Waals surface area contributed by atoms with Gasteiger partial charge in [0.05, 0.1) is 19.3 Å². The van der Waals surface area contributed by atoms with Crippen LogP contribution >= 0.6 is 0 Å². The Bertz CT molecular complexity index is 675. The number of epoxide rings is 1. The molecule has 2 fully saturated rings. The summed E-state index contributed by atoms with van der Waals surface area (Å²) in [5.74, 6) is 0.328. The molecule has 2 aliphatic rings. The first-order valence-electron chi connectivity index (χ1n) is 11.9. The molecule has 0 spiro atoms. The van der Waals surface area contributed by atoms with Crippen LogP contribution in [0.25, 0.3) is 0 Å². The Morgan fingerprint density at radius 3 is 2.38 bits per heavy atom. The van der Waals surface area contributed by atoms with Crippen LogP contribution in [0.15, 0.2) is 24.3 Å². The Balaban J connectivity index is 0.00000363. The van der Waals surface area contributed by atoms with E-state index in [-0.39, 0.29) is 31.3 Å². The van der Waals surface area contributed by atoms with Gasteiger partial charge < -0.3 is 18.9 Å². The molecular weight excluding hydrogens is 406 g/mol. The predicted molar refractivity (Wildman–Crippen MR) is 128 cm³/mol. The van der Waals surface area contributed by atoms with Crippen molar-refractivity contribution < 1.29 is 23.8 Å². The zero-order valence-corrected chi connectivity index (χ0v) is 20.2. The second-order valence-corrected chi connectivity index (χ2v) is 9.37. The molecule has 32 heavy (non-hydrogen) atoms. The highest BCUT2D eigenvalue weighted by atomic mass is 16.7. The normalized spacial score (nSPS) is 26.1. The maximum atomic E-state index is 6.43. The number of ether oxygens (including phenoxy) is 4. The third-order valence-electron chi connectivity index (χ3n) is 6.20. The highest BCUT2D eigenvalue weighted by Crippen LogP contribution is 2.39. The molecule has 4 atom stereocenters. The Hall–Kier alpha value is -1.18. The van der Waals surface area contributed by atoms with Crippen molar-refractivity contribution in [1.82, 2.24) is 5.06 Å². The number of hydrogen-bond donors (Lipinski definition) is 0. The lowest BCUT2D eigenvalue weighted by Crippen LogP contribution is -2.50. The fourth-order valence-corrected chi connectivity index (χ4v) is 4.32.